The van der Waals surface area contributed by atoms with Gasteiger partial charge in [0, 0.05) is 18.4 Å². The molecular formula is C20H21NO3S. The zero-order chi connectivity index (χ0) is 18.0. The molecule has 0 radical (unpaired) electrons. The fourth-order valence-electron chi connectivity index (χ4n) is 3.05. The molecule has 0 saturated carbocycles. The van der Waals surface area contributed by atoms with Crippen LogP contribution in [-0.2, 0) is 9.84 Å². The van der Waals surface area contributed by atoms with E-state index in [1.54, 1.807) is 24.3 Å². The topological polar surface area (TPSA) is 54.5 Å². The molecule has 25 heavy (non-hydrogen) atoms. The molecule has 0 bridgehead atoms. The normalized spacial score (nSPS) is 17.0. The zero-order valence-electron chi connectivity index (χ0n) is 14.3. The van der Waals surface area contributed by atoms with Crippen LogP contribution in [0.3, 0.4) is 0 Å². The van der Waals surface area contributed by atoms with Crippen molar-refractivity contribution in [3.63, 3.8) is 0 Å². The van der Waals surface area contributed by atoms with Crippen molar-refractivity contribution in [2.45, 2.75) is 24.3 Å². The van der Waals surface area contributed by atoms with E-state index in [0.29, 0.717) is 12.1 Å². The van der Waals surface area contributed by atoms with E-state index in [-0.39, 0.29) is 16.8 Å². The first kappa shape index (κ1) is 17.4. The largest absolute Gasteiger partial charge is 0.329 e. The summed E-state index contributed by atoms with van der Waals surface area (Å²) in [7, 11) is -3.21. The second-order valence-corrected chi connectivity index (χ2v) is 8.25. The molecule has 0 spiro atoms. The molecular weight excluding hydrogens is 334 g/mol. The Morgan fingerprint density at radius 2 is 1.84 bits per heavy atom. The lowest BCUT2D eigenvalue weighted by Gasteiger charge is -2.23. The molecule has 0 aromatic heterocycles. The second-order valence-electron chi connectivity index (χ2n) is 6.24. The van der Waals surface area contributed by atoms with Gasteiger partial charge in [-0.3, -0.25) is 4.79 Å². The molecule has 4 nitrogen and oxygen atoms in total. The van der Waals surface area contributed by atoms with Crippen molar-refractivity contribution in [3.8, 4) is 11.1 Å². The Morgan fingerprint density at radius 1 is 1.12 bits per heavy atom. The van der Waals surface area contributed by atoms with Gasteiger partial charge in [-0.25, -0.2) is 8.42 Å². The molecule has 1 aliphatic rings. The van der Waals surface area contributed by atoms with E-state index in [1.807, 2.05) is 35.2 Å². The Hall–Kier alpha value is -2.40. The number of benzene rings is 2. The van der Waals surface area contributed by atoms with Gasteiger partial charge in [0.05, 0.1) is 10.9 Å². The summed E-state index contributed by atoms with van der Waals surface area (Å²) in [4.78, 5) is 14.9. The van der Waals surface area contributed by atoms with Crippen LogP contribution in [0.1, 0.15) is 23.7 Å². The maximum atomic E-state index is 12.8. The third-order valence-corrected chi connectivity index (χ3v) is 5.59. The van der Waals surface area contributed by atoms with Gasteiger partial charge >= 0.3 is 0 Å². The predicted molar refractivity (Wildman–Crippen MR) is 99.2 cm³/mol. The highest BCUT2D eigenvalue weighted by atomic mass is 32.2. The molecule has 2 aromatic rings. The summed E-state index contributed by atoms with van der Waals surface area (Å²) in [6.45, 7) is 2.71. The summed E-state index contributed by atoms with van der Waals surface area (Å²) < 4.78 is 23.1. The van der Waals surface area contributed by atoms with Gasteiger partial charge in [0.25, 0.3) is 5.91 Å². The summed E-state index contributed by atoms with van der Waals surface area (Å²) in [5, 5.41) is 0. The number of carbonyl (C=O) groups is 1. The molecule has 0 aliphatic carbocycles. The molecule has 1 heterocycles. The highest BCUT2D eigenvalue weighted by molar-refractivity contribution is 7.90. The van der Waals surface area contributed by atoms with Crippen LogP contribution in [0.4, 0.5) is 0 Å². The monoisotopic (exact) mass is 355 g/mol. The van der Waals surface area contributed by atoms with E-state index in [1.165, 1.54) is 6.26 Å². The maximum Gasteiger partial charge on any atom is 0.254 e. The highest BCUT2D eigenvalue weighted by Gasteiger charge is 2.24. The van der Waals surface area contributed by atoms with E-state index in [9.17, 15) is 13.2 Å². The molecule has 0 N–H and O–H groups in total. The third kappa shape index (κ3) is 3.66. The summed E-state index contributed by atoms with van der Waals surface area (Å²) in [6, 6.07) is 14.4. The van der Waals surface area contributed by atoms with Gasteiger partial charge in [0.2, 0.25) is 0 Å². The molecule has 3 rings (SSSR count). The van der Waals surface area contributed by atoms with Gasteiger partial charge in [-0.15, -0.1) is 0 Å². The van der Waals surface area contributed by atoms with E-state index in [4.69, 9.17) is 0 Å². The summed E-state index contributed by atoms with van der Waals surface area (Å²) in [5.41, 5.74) is 2.42. The van der Waals surface area contributed by atoms with E-state index >= 15 is 0 Å². The lowest BCUT2D eigenvalue weighted by atomic mass is 10.0. The SMILES string of the molecule is CCC1C=CCN1C(=O)c1cccc(-c2ccc(S(C)(=O)=O)cc2)c1. The van der Waals surface area contributed by atoms with Crippen molar-refractivity contribution in [2.24, 2.45) is 0 Å². The van der Waals surface area contributed by atoms with Gasteiger partial charge in [0.1, 0.15) is 0 Å². The Bertz CT molecular complexity index is 914. The van der Waals surface area contributed by atoms with Crippen molar-refractivity contribution in [1.82, 2.24) is 4.90 Å². The number of hydrogen-bond donors (Lipinski definition) is 0. The minimum Gasteiger partial charge on any atom is -0.329 e. The molecule has 1 aliphatic heterocycles. The maximum absolute atomic E-state index is 12.8. The van der Waals surface area contributed by atoms with Crippen molar-refractivity contribution < 1.29 is 13.2 Å². The number of amides is 1. The van der Waals surface area contributed by atoms with Gasteiger partial charge < -0.3 is 4.90 Å². The van der Waals surface area contributed by atoms with Gasteiger partial charge in [-0.1, -0.05) is 43.3 Å². The molecule has 130 valence electrons. The minimum absolute atomic E-state index is 0.0199. The van der Waals surface area contributed by atoms with Crippen LogP contribution in [-0.4, -0.2) is 38.1 Å². The average molecular weight is 355 g/mol. The Kier molecular flexibility index (Phi) is 4.77. The van der Waals surface area contributed by atoms with Crippen LogP contribution >= 0.6 is 0 Å². The van der Waals surface area contributed by atoms with Crippen LogP contribution in [0, 0.1) is 0 Å². The predicted octanol–water partition coefficient (Wildman–Crippen LogP) is 3.55. The van der Waals surface area contributed by atoms with E-state index < -0.39 is 9.84 Å². The standard InChI is InChI=1S/C20H21NO3S/c1-3-18-8-5-13-21(18)20(22)17-7-4-6-16(14-17)15-9-11-19(12-10-15)25(2,23)24/h4-12,14,18H,3,13H2,1-2H3. The summed E-state index contributed by atoms with van der Waals surface area (Å²) in [6.07, 6.45) is 6.19. The Labute approximate surface area is 148 Å². The number of nitrogens with zero attached hydrogens (tertiary/aromatic N) is 1. The van der Waals surface area contributed by atoms with E-state index in [0.717, 1.165) is 17.5 Å². The number of sulfone groups is 1. The molecule has 1 amide bonds. The zero-order valence-corrected chi connectivity index (χ0v) is 15.2. The fraction of sp³-hybridized carbons (Fsp3) is 0.250. The Balaban J connectivity index is 1.88. The lowest BCUT2D eigenvalue weighted by molar-refractivity contribution is 0.0747. The minimum atomic E-state index is -3.21. The third-order valence-electron chi connectivity index (χ3n) is 4.47. The summed E-state index contributed by atoms with van der Waals surface area (Å²) >= 11 is 0. The average Bonchev–Trinajstić information content (AvgIpc) is 3.09. The number of hydrogen-bond acceptors (Lipinski definition) is 3. The lowest BCUT2D eigenvalue weighted by Crippen LogP contribution is -2.35. The molecule has 0 fully saturated rings. The van der Waals surface area contributed by atoms with Crippen molar-refractivity contribution in [1.29, 1.82) is 0 Å². The Morgan fingerprint density at radius 3 is 2.48 bits per heavy atom. The van der Waals surface area contributed by atoms with Crippen LogP contribution in [0.2, 0.25) is 0 Å². The first-order valence-corrected chi connectivity index (χ1v) is 10.2. The number of carbonyl (C=O) groups excluding carboxylic acids is 1. The molecule has 1 unspecified atom stereocenters. The second kappa shape index (κ2) is 6.84. The highest BCUT2D eigenvalue weighted by Crippen LogP contribution is 2.24. The quantitative estimate of drug-likeness (QED) is 0.788. The van der Waals surface area contributed by atoms with Crippen LogP contribution in [0.5, 0.6) is 0 Å². The first-order valence-electron chi connectivity index (χ1n) is 8.28. The first-order chi connectivity index (χ1) is 11.9. The van der Waals surface area contributed by atoms with Crippen LogP contribution in [0.15, 0.2) is 65.6 Å². The molecule has 0 saturated heterocycles. The number of rotatable bonds is 4. The van der Waals surface area contributed by atoms with Crippen LogP contribution in [0.25, 0.3) is 11.1 Å². The molecule has 1 atom stereocenters. The molecule has 5 heteroatoms. The van der Waals surface area contributed by atoms with Crippen LogP contribution < -0.4 is 0 Å². The molecule has 2 aromatic carbocycles. The smallest absolute Gasteiger partial charge is 0.254 e. The van der Waals surface area contributed by atoms with Crippen molar-refractivity contribution in [2.75, 3.05) is 12.8 Å². The van der Waals surface area contributed by atoms with Crippen molar-refractivity contribution in [3.05, 3.63) is 66.2 Å². The fourth-order valence-corrected chi connectivity index (χ4v) is 3.68. The van der Waals surface area contributed by atoms with Gasteiger partial charge in [0.15, 0.2) is 9.84 Å². The van der Waals surface area contributed by atoms with Gasteiger partial charge in [-0.2, -0.15) is 0 Å². The van der Waals surface area contributed by atoms with E-state index in [2.05, 4.69) is 13.0 Å². The van der Waals surface area contributed by atoms with Gasteiger partial charge in [-0.05, 0) is 41.8 Å². The van der Waals surface area contributed by atoms with Crippen molar-refractivity contribution >= 4 is 15.7 Å². The summed E-state index contributed by atoms with van der Waals surface area (Å²) in [5.74, 6) is 0.0199.